The van der Waals surface area contributed by atoms with E-state index in [1.165, 1.54) is 12.2 Å². The van der Waals surface area contributed by atoms with Gasteiger partial charge in [0.05, 0.1) is 33.4 Å². The van der Waals surface area contributed by atoms with Gasteiger partial charge in [-0.2, -0.15) is 21.5 Å². The normalized spacial score (nSPS) is 20.4. The molecule has 218 valence electrons. The molecule has 0 fully saturated rings. The fourth-order valence-electron chi connectivity index (χ4n) is 4.78. The molecular formula is C30H38O8S2. The highest BCUT2D eigenvalue weighted by Crippen LogP contribution is 2.32. The lowest BCUT2D eigenvalue weighted by atomic mass is 9.87. The van der Waals surface area contributed by atoms with E-state index in [-0.39, 0.29) is 24.4 Å². The first-order chi connectivity index (χ1) is 18.6. The van der Waals surface area contributed by atoms with Gasteiger partial charge in [0, 0.05) is 36.1 Å². The van der Waals surface area contributed by atoms with E-state index >= 15 is 0 Å². The van der Waals surface area contributed by atoms with Crippen LogP contribution >= 0.6 is 0 Å². The summed E-state index contributed by atoms with van der Waals surface area (Å²) in [4.78, 5) is 50.0. The summed E-state index contributed by atoms with van der Waals surface area (Å²) in [5.41, 5.74) is -0.851. The summed E-state index contributed by atoms with van der Waals surface area (Å²) >= 11 is 0. The lowest BCUT2D eigenvalue weighted by Crippen LogP contribution is -2.25. The molecule has 8 nitrogen and oxygen atoms in total. The molecule has 1 aromatic rings. The van der Waals surface area contributed by atoms with E-state index in [4.69, 9.17) is 0 Å². The number of carboxylic acids is 2. The molecule has 1 aromatic carbocycles. The molecule has 0 radical (unpaired) electrons. The van der Waals surface area contributed by atoms with Gasteiger partial charge < -0.3 is 19.3 Å². The van der Waals surface area contributed by atoms with Gasteiger partial charge in [-0.3, -0.25) is 19.2 Å². The Hall–Kier alpha value is -2.66. The van der Waals surface area contributed by atoms with E-state index < -0.39 is 44.3 Å². The van der Waals surface area contributed by atoms with Crippen LogP contribution in [0.2, 0.25) is 0 Å². The maximum atomic E-state index is 13.7. The SMILES string of the molecule is CC(C)(CCCC1=CC(=O)CC(c2ccccc2C2=CC(=O)CC(CCCC(C)(C)C(=O)O)=[SH+]2[O-])=[SH+]1[O-])C(=O)O. The zero-order chi connectivity index (χ0) is 29.8. The van der Waals surface area contributed by atoms with Crippen molar-refractivity contribution in [2.45, 2.75) is 79.1 Å². The minimum Gasteiger partial charge on any atom is -0.646 e. The number of allylic oxidation sites excluding steroid dienone is 3. The van der Waals surface area contributed by atoms with Crippen LogP contribution in [-0.4, -0.2) is 52.6 Å². The largest absolute Gasteiger partial charge is 0.646 e. The number of thiol groups is 2. The molecule has 0 amide bonds. The summed E-state index contributed by atoms with van der Waals surface area (Å²) < 4.78 is 27.3. The molecule has 2 heterocycles. The first-order valence-corrected chi connectivity index (χ1v) is 15.9. The highest BCUT2D eigenvalue weighted by Gasteiger charge is 2.31. The second-order valence-electron chi connectivity index (χ2n) is 11.7. The smallest absolute Gasteiger partial charge is 0.309 e. The molecule has 0 aliphatic carbocycles. The van der Waals surface area contributed by atoms with Gasteiger partial charge in [0.15, 0.2) is 11.6 Å². The number of hydrogen-bond donors (Lipinski definition) is 2. The van der Waals surface area contributed by atoms with E-state index in [1.54, 1.807) is 52.0 Å². The highest BCUT2D eigenvalue weighted by atomic mass is 32.2. The fraction of sp³-hybridized carbons (Fsp3) is 0.467. The van der Waals surface area contributed by atoms with Crippen molar-refractivity contribution < 1.29 is 38.5 Å². The van der Waals surface area contributed by atoms with Gasteiger partial charge in [0.25, 0.3) is 0 Å². The number of carboxylic acid groups (broad SMARTS) is 2. The molecule has 0 spiro atoms. The number of hydrogen-bond acceptors (Lipinski definition) is 6. The zero-order valence-corrected chi connectivity index (χ0v) is 25.1. The Kier molecular flexibility index (Phi) is 10.3. The molecule has 2 N–H and O–H groups in total. The van der Waals surface area contributed by atoms with Crippen LogP contribution in [-0.2, 0) is 40.7 Å². The lowest BCUT2D eigenvalue weighted by molar-refractivity contribution is -0.148. The summed E-state index contributed by atoms with van der Waals surface area (Å²) in [6.07, 6.45) is 5.09. The first kappa shape index (κ1) is 31.9. The van der Waals surface area contributed by atoms with E-state index in [0.717, 1.165) is 0 Å². The van der Waals surface area contributed by atoms with E-state index in [0.29, 0.717) is 69.2 Å². The van der Waals surface area contributed by atoms with E-state index in [1.807, 2.05) is 0 Å². The molecule has 2 aliphatic heterocycles. The molecule has 0 saturated carbocycles. The third-order valence-electron chi connectivity index (χ3n) is 7.53. The van der Waals surface area contributed by atoms with Crippen molar-refractivity contribution in [3.05, 3.63) is 52.4 Å². The summed E-state index contributed by atoms with van der Waals surface area (Å²) in [6, 6.07) is 6.91. The Morgan fingerprint density at radius 2 is 1.32 bits per heavy atom. The number of rotatable bonds is 12. The summed E-state index contributed by atoms with van der Waals surface area (Å²) in [5.74, 6) is -2.25. The van der Waals surface area contributed by atoms with Crippen molar-refractivity contribution in [3.63, 3.8) is 0 Å². The van der Waals surface area contributed by atoms with E-state index in [9.17, 15) is 38.5 Å². The molecule has 10 heteroatoms. The molecule has 0 aromatic heterocycles. The maximum Gasteiger partial charge on any atom is 0.309 e. The Bertz CT molecular complexity index is 1310. The van der Waals surface area contributed by atoms with Crippen LogP contribution in [0.3, 0.4) is 0 Å². The van der Waals surface area contributed by atoms with Crippen LogP contribution in [0.4, 0.5) is 0 Å². The minimum absolute atomic E-state index is 0.0390. The monoisotopic (exact) mass is 590 g/mol. The average Bonchev–Trinajstić information content (AvgIpc) is 2.87. The zero-order valence-electron chi connectivity index (χ0n) is 23.4. The van der Waals surface area contributed by atoms with Crippen LogP contribution in [0, 0.1) is 10.8 Å². The number of benzene rings is 1. The lowest BCUT2D eigenvalue weighted by Gasteiger charge is -2.25. The Morgan fingerprint density at radius 1 is 0.800 bits per heavy atom. The quantitative estimate of drug-likeness (QED) is 0.210. The molecule has 2 atom stereocenters. The Morgan fingerprint density at radius 3 is 1.90 bits per heavy atom. The van der Waals surface area contributed by atoms with Gasteiger partial charge in [-0.05, 0) is 65.5 Å². The van der Waals surface area contributed by atoms with Crippen molar-refractivity contribution in [2.75, 3.05) is 0 Å². The number of aliphatic carboxylic acids is 2. The van der Waals surface area contributed by atoms with Crippen molar-refractivity contribution in [1.29, 1.82) is 0 Å². The van der Waals surface area contributed by atoms with E-state index in [2.05, 4.69) is 0 Å². The molecule has 0 bridgehead atoms. The van der Waals surface area contributed by atoms with Gasteiger partial charge in [0.2, 0.25) is 0 Å². The fourth-order valence-corrected chi connectivity index (χ4v) is 8.14. The predicted octanol–water partition coefficient (Wildman–Crippen LogP) is 4.07. The van der Waals surface area contributed by atoms with Gasteiger partial charge in [-0.15, -0.1) is 0 Å². The highest BCUT2D eigenvalue weighted by molar-refractivity contribution is 8.00. The van der Waals surface area contributed by atoms with Gasteiger partial charge >= 0.3 is 11.9 Å². The van der Waals surface area contributed by atoms with Gasteiger partial charge in [-0.1, -0.05) is 12.1 Å². The molecule has 40 heavy (non-hydrogen) atoms. The number of carbonyl (C=O) groups is 4. The summed E-state index contributed by atoms with van der Waals surface area (Å²) in [6.45, 7) is 6.52. The van der Waals surface area contributed by atoms with Crippen molar-refractivity contribution in [1.82, 2.24) is 0 Å². The third kappa shape index (κ3) is 7.54. The van der Waals surface area contributed by atoms with Crippen molar-refractivity contribution in [3.8, 4) is 0 Å². The maximum absolute atomic E-state index is 13.7. The van der Waals surface area contributed by atoms with Gasteiger partial charge in [0.1, 0.15) is 9.77 Å². The Labute approximate surface area is 240 Å². The minimum atomic E-state index is -2.10. The third-order valence-corrected chi connectivity index (χ3v) is 11.1. The van der Waals surface area contributed by atoms with Crippen LogP contribution in [0.5, 0.6) is 0 Å². The molecule has 2 unspecified atom stereocenters. The van der Waals surface area contributed by atoms with Crippen LogP contribution in [0.1, 0.15) is 90.2 Å². The molecule has 0 saturated heterocycles. The number of carbonyl (C=O) groups excluding carboxylic acids is 2. The van der Waals surface area contributed by atoms with Gasteiger partial charge in [-0.25, -0.2) is 0 Å². The first-order valence-electron chi connectivity index (χ1n) is 13.3. The molecule has 2 aliphatic rings. The predicted molar refractivity (Wildman–Crippen MR) is 160 cm³/mol. The van der Waals surface area contributed by atoms with Crippen LogP contribution in [0.25, 0.3) is 4.91 Å². The standard InChI is InChI=1S/C30H38O8S2/c1-29(2,27(33)34)13-7-9-21-15-19(31)17-25(39(21)37)23-11-5-6-12-24(23)26-18-20(32)16-22(40(26)38)10-8-14-30(3,4)28(35)36/h5-6,11-12,15,18,39-40H,7-10,13-14,16-17H2,1-4H3,(H2-2,32,33,34,35,36,37,38). The van der Waals surface area contributed by atoms with Crippen molar-refractivity contribution in [2.24, 2.45) is 10.8 Å². The van der Waals surface area contributed by atoms with Crippen LogP contribution < -0.4 is 0 Å². The summed E-state index contributed by atoms with van der Waals surface area (Å²) in [7, 11) is -4.19. The average molecular weight is 591 g/mol. The van der Waals surface area contributed by atoms with Crippen LogP contribution in [0.15, 0.2) is 41.3 Å². The topological polar surface area (TPSA) is 155 Å². The Balaban J connectivity index is 1.92. The second-order valence-corrected chi connectivity index (χ2v) is 15.1. The second kappa shape index (κ2) is 12.9. The number of ketones is 2. The molecule has 3 rings (SSSR count). The summed E-state index contributed by atoms with van der Waals surface area (Å²) in [5, 5.41) is 18.7. The van der Waals surface area contributed by atoms with Crippen molar-refractivity contribution >= 4 is 59.7 Å². The molecular weight excluding hydrogens is 552 g/mol.